The molecule has 0 aliphatic heterocycles. The van der Waals surface area contributed by atoms with Crippen LogP contribution in [0.3, 0.4) is 0 Å². The molecule has 0 aliphatic rings. The maximum absolute atomic E-state index is 13.1. The van der Waals surface area contributed by atoms with E-state index in [4.69, 9.17) is 4.74 Å². The first-order valence-corrected chi connectivity index (χ1v) is 8.81. The van der Waals surface area contributed by atoms with Gasteiger partial charge in [0.05, 0.1) is 42.0 Å². The van der Waals surface area contributed by atoms with Crippen LogP contribution in [0.5, 0.6) is 0 Å². The Balaban J connectivity index is 1.86. The van der Waals surface area contributed by atoms with Gasteiger partial charge in [-0.3, -0.25) is 4.98 Å². The number of hydrogen-bond donors (Lipinski definition) is 1. The molecule has 0 saturated carbocycles. The summed E-state index contributed by atoms with van der Waals surface area (Å²) in [4.78, 5) is 16.0. The molecule has 4 nitrogen and oxygen atoms in total. The van der Waals surface area contributed by atoms with Gasteiger partial charge in [-0.2, -0.15) is 13.2 Å². The van der Waals surface area contributed by atoms with Crippen LogP contribution in [0.1, 0.15) is 35.3 Å². The standard InChI is InChI=1S/C21H19F3N2O2/c1-2-28-20(27)15-9-7-14(8-10-15)19(12-21(22,23)24)26-17-11-16-5-3-4-6-18(16)25-13-17/h3-11,13,19,26H,2,12H2,1H3. The first-order chi connectivity index (χ1) is 13.4. The van der Waals surface area contributed by atoms with Gasteiger partial charge in [-0.05, 0) is 36.8 Å². The Morgan fingerprint density at radius 3 is 2.54 bits per heavy atom. The van der Waals surface area contributed by atoms with Gasteiger partial charge in [0.1, 0.15) is 0 Å². The van der Waals surface area contributed by atoms with Crippen molar-refractivity contribution in [1.29, 1.82) is 0 Å². The van der Waals surface area contributed by atoms with Gasteiger partial charge < -0.3 is 10.1 Å². The van der Waals surface area contributed by atoms with Gasteiger partial charge in [0.2, 0.25) is 0 Å². The van der Waals surface area contributed by atoms with Crippen LogP contribution >= 0.6 is 0 Å². The summed E-state index contributed by atoms with van der Waals surface area (Å²) in [6.45, 7) is 1.92. The summed E-state index contributed by atoms with van der Waals surface area (Å²) in [6, 6.07) is 14.1. The van der Waals surface area contributed by atoms with E-state index in [9.17, 15) is 18.0 Å². The molecule has 1 N–H and O–H groups in total. The summed E-state index contributed by atoms with van der Waals surface area (Å²) in [5.74, 6) is -0.506. The summed E-state index contributed by atoms with van der Waals surface area (Å²) in [5, 5.41) is 3.75. The molecule has 3 rings (SSSR count). The predicted molar refractivity (Wildman–Crippen MR) is 101 cm³/mol. The normalized spacial score (nSPS) is 12.6. The van der Waals surface area contributed by atoms with Crippen LogP contribution in [0.25, 0.3) is 10.9 Å². The minimum absolute atomic E-state index is 0.230. The molecule has 0 bridgehead atoms. The predicted octanol–water partition coefficient (Wildman–Crippen LogP) is 5.52. The zero-order chi connectivity index (χ0) is 20.1. The number of para-hydroxylation sites is 1. The number of ether oxygens (including phenoxy) is 1. The Bertz CT molecular complexity index is 956. The number of pyridine rings is 1. The first kappa shape index (κ1) is 19.7. The topological polar surface area (TPSA) is 51.2 Å². The lowest BCUT2D eigenvalue weighted by molar-refractivity contribution is -0.137. The molecule has 1 unspecified atom stereocenters. The van der Waals surface area contributed by atoms with E-state index in [1.165, 1.54) is 30.5 Å². The zero-order valence-electron chi connectivity index (χ0n) is 15.2. The molecule has 146 valence electrons. The maximum atomic E-state index is 13.1. The summed E-state index contributed by atoms with van der Waals surface area (Å²) >= 11 is 0. The van der Waals surface area contributed by atoms with E-state index in [0.29, 0.717) is 16.8 Å². The summed E-state index contributed by atoms with van der Waals surface area (Å²) in [5.41, 5.74) is 1.96. The molecule has 0 fully saturated rings. The van der Waals surface area contributed by atoms with Crippen LogP contribution in [0.15, 0.2) is 60.8 Å². The average Bonchev–Trinajstić information content (AvgIpc) is 2.67. The van der Waals surface area contributed by atoms with Crippen molar-refractivity contribution in [3.8, 4) is 0 Å². The third-order valence-corrected chi connectivity index (χ3v) is 4.19. The Hall–Kier alpha value is -3.09. The third kappa shape index (κ3) is 5.00. The fourth-order valence-corrected chi connectivity index (χ4v) is 2.90. The number of rotatable bonds is 6. The number of fused-ring (bicyclic) bond motifs is 1. The first-order valence-electron chi connectivity index (χ1n) is 8.81. The van der Waals surface area contributed by atoms with Gasteiger partial charge in [0.15, 0.2) is 0 Å². The van der Waals surface area contributed by atoms with E-state index in [1.807, 2.05) is 24.3 Å². The van der Waals surface area contributed by atoms with Crippen molar-refractivity contribution < 1.29 is 22.7 Å². The molecule has 1 atom stereocenters. The smallest absolute Gasteiger partial charge is 0.391 e. The molecule has 0 saturated heterocycles. The number of carbonyl (C=O) groups is 1. The van der Waals surface area contributed by atoms with E-state index < -0.39 is 24.6 Å². The summed E-state index contributed by atoms with van der Waals surface area (Å²) < 4.78 is 44.3. The lowest BCUT2D eigenvalue weighted by Crippen LogP contribution is -2.20. The number of esters is 1. The number of carbonyl (C=O) groups excluding carboxylic acids is 1. The van der Waals surface area contributed by atoms with Gasteiger partial charge in [-0.25, -0.2) is 4.79 Å². The van der Waals surface area contributed by atoms with Gasteiger partial charge >= 0.3 is 12.1 Å². The third-order valence-electron chi connectivity index (χ3n) is 4.19. The molecule has 2 aromatic carbocycles. The second-order valence-corrected chi connectivity index (χ2v) is 6.28. The van der Waals surface area contributed by atoms with Gasteiger partial charge in [0.25, 0.3) is 0 Å². The van der Waals surface area contributed by atoms with Crippen LogP contribution in [0.4, 0.5) is 18.9 Å². The van der Waals surface area contributed by atoms with Crippen molar-refractivity contribution in [3.05, 3.63) is 71.9 Å². The number of anilines is 1. The van der Waals surface area contributed by atoms with Crippen molar-refractivity contribution in [2.24, 2.45) is 0 Å². The van der Waals surface area contributed by atoms with Crippen molar-refractivity contribution in [3.63, 3.8) is 0 Å². The van der Waals surface area contributed by atoms with E-state index in [2.05, 4.69) is 10.3 Å². The Morgan fingerprint density at radius 2 is 1.86 bits per heavy atom. The molecule has 1 aromatic heterocycles. The number of halogens is 3. The van der Waals surface area contributed by atoms with Gasteiger partial charge in [-0.1, -0.05) is 30.3 Å². The highest BCUT2D eigenvalue weighted by Gasteiger charge is 2.33. The van der Waals surface area contributed by atoms with Crippen LogP contribution < -0.4 is 5.32 Å². The molecule has 7 heteroatoms. The quantitative estimate of drug-likeness (QED) is 0.565. The second kappa shape index (κ2) is 8.29. The molecular weight excluding hydrogens is 369 g/mol. The number of benzene rings is 2. The van der Waals surface area contributed by atoms with Crippen molar-refractivity contribution >= 4 is 22.6 Å². The number of hydrogen-bond acceptors (Lipinski definition) is 4. The van der Waals surface area contributed by atoms with Crippen LogP contribution in [0.2, 0.25) is 0 Å². The number of nitrogens with one attached hydrogen (secondary N) is 1. The Morgan fingerprint density at radius 1 is 1.14 bits per heavy atom. The van der Waals surface area contributed by atoms with Crippen LogP contribution in [0, 0.1) is 0 Å². The summed E-state index contributed by atoms with van der Waals surface area (Å²) in [7, 11) is 0. The minimum Gasteiger partial charge on any atom is -0.462 e. The lowest BCUT2D eigenvalue weighted by atomic mass is 10.0. The highest BCUT2D eigenvalue weighted by Crippen LogP contribution is 2.32. The van der Waals surface area contributed by atoms with Crippen molar-refractivity contribution in [2.75, 3.05) is 11.9 Å². The van der Waals surface area contributed by atoms with E-state index in [-0.39, 0.29) is 6.61 Å². The lowest BCUT2D eigenvalue weighted by Gasteiger charge is -2.22. The molecule has 3 aromatic rings. The SMILES string of the molecule is CCOC(=O)c1ccc(C(CC(F)(F)F)Nc2cnc3ccccc3c2)cc1. The molecule has 0 aliphatic carbocycles. The highest BCUT2D eigenvalue weighted by molar-refractivity contribution is 5.89. The van der Waals surface area contributed by atoms with Crippen LogP contribution in [-0.2, 0) is 4.74 Å². The average molecular weight is 388 g/mol. The zero-order valence-corrected chi connectivity index (χ0v) is 15.2. The molecule has 0 spiro atoms. The fraction of sp³-hybridized carbons (Fsp3) is 0.238. The van der Waals surface area contributed by atoms with Crippen molar-refractivity contribution in [1.82, 2.24) is 4.98 Å². The Kier molecular flexibility index (Phi) is 5.82. The van der Waals surface area contributed by atoms with E-state index in [0.717, 1.165) is 10.9 Å². The molecule has 28 heavy (non-hydrogen) atoms. The van der Waals surface area contributed by atoms with E-state index in [1.54, 1.807) is 13.0 Å². The Labute approximate surface area is 160 Å². The minimum atomic E-state index is -4.36. The monoisotopic (exact) mass is 388 g/mol. The second-order valence-electron chi connectivity index (χ2n) is 6.28. The van der Waals surface area contributed by atoms with Gasteiger partial charge in [0, 0.05) is 5.39 Å². The van der Waals surface area contributed by atoms with Crippen LogP contribution in [-0.4, -0.2) is 23.7 Å². The number of nitrogens with zero attached hydrogens (tertiary/aromatic N) is 1. The van der Waals surface area contributed by atoms with E-state index >= 15 is 0 Å². The fourth-order valence-electron chi connectivity index (χ4n) is 2.90. The highest BCUT2D eigenvalue weighted by atomic mass is 19.4. The van der Waals surface area contributed by atoms with Gasteiger partial charge in [-0.15, -0.1) is 0 Å². The largest absolute Gasteiger partial charge is 0.462 e. The number of alkyl halides is 3. The number of aromatic nitrogens is 1. The maximum Gasteiger partial charge on any atom is 0.391 e. The van der Waals surface area contributed by atoms with Crippen molar-refractivity contribution in [2.45, 2.75) is 25.6 Å². The molecule has 0 amide bonds. The molecule has 0 radical (unpaired) electrons. The molecule has 1 heterocycles. The molecular formula is C21H19F3N2O2. The summed E-state index contributed by atoms with van der Waals surface area (Å²) in [6.07, 6.45) is -3.90.